The summed E-state index contributed by atoms with van der Waals surface area (Å²) in [4.78, 5) is 1.42. The topological polar surface area (TPSA) is 3.24 Å². The highest BCUT2D eigenvalue weighted by Crippen LogP contribution is 2.29. The van der Waals surface area contributed by atoms with Crippen LogP contribution in [0.5, 0.6) is 0 Å². The van der Waals surface area contributed by atoms with Crippen LogP contribution < -0.4 is 0 Å². The minimum atomic E-state index is -4.12. The molecule has 0 amide bonds. The van der Waals surface area contributed by atoms with Gasteiger partial charge in [-0.3, -0.25) is 4.90 Å². The summed E-state index contributed by atoms with van der Waals surface area (Å²) in [5, 5.41) is 0. The monoisotopic (exact) mass is 239 g/mol. The second-order valence-electron chi connectivity index (χ2n) is 5.14. The molecule has 0 aliphatic rings. The van der Waals surface area contributed by atoms with Crippen molar-refractivity contribution in [3.63, 3.8) is 0 Å². The lowest BCUT2D eigenvalue weighted by molar-refractivity contribution is -0.186. The van der Waals surface area contributed by atoms with Gasteiger partial charge >= 0.3 is 6.18 Å². The average Bonchev–Trinajstić information content (AvgIpc) is 2.08. The van der Waals surface area contributed by atoms with E-state index in [1.165, 1.54) is 4.90 Å². The number of halogens is 3. The smallest absolute Gasteiger partial charge is 0.293 e. The van der Waals surface area contributed by atoms with Gasteiger partial charge in [-0.15, -0.1) is 0 Å². The van der Waals surface area contributed by atoms with Gasteiger partial charge in [0, 0.05) is 6.04 Å². The molecular formula is C12H24F3N. The van der Waals surface area contributed by atoms with Gasteiger partial charge in [0.15, 0.2) is 0 Å². The predicted molar refractivity (Wildman–Crippen MR) is 61.4 cm³/mol. The third-order valence-electron chi connectivity index (χ3n) is 2.94. The van der Waals surface area contributed by atoms with Crippen LogP contribution in [0, 0.1) is 5.92 Å². The van der Waals surface area contributed by atoms with Gasteiger partial charge in [0.05, 0.1) is 0 Å². The van der Waals surface area contributed by atoms with Crippen LogP contribution in [-0.2, 0) is 0 Å². The molecule has 0 heterocycles. The number of rotatable bonds is 6. The average molecular weight is 239 g/mol. The first kappa shape index (κ1) is 15.8. The molecule has 0 radical (unpaired) electrons. The first-order valence-corrected chi connectivity index (χ1v) is 5.95. The Morgan fingerprint density at radius 2 is 1.50 bits per heavy atom. The summed E-state index contributed by atoms with van der Waals surface area (Å²) >= 11 is 0. The summed E-state index contributed by atoms with van der Waals surface area (Å²) in [6.07, 6.45) is -2.41. The van der Waals surface area contributed by atoms with Gasteiger partial charge in [-0.05, 0) is 33.2 Å². The molecular weight excluding hydrogens is 215 g/mol. The fourth-order valence-electron chi connectivity index (χ4n) is 1.68. The third kappa shape index (κ3) is 5.73. The van der Waals surface area contributed by atoms with E-state index in [1.54, 1.807) is 20.9 Å². The van der Waals surface area contributed by atoms with Gasteiger partial charge in [0.2, 0.25) is 0 Å². The van der Waals surface area contributed by atoms with Crippen molar-refractivity contribution >= 4 is 0 Å². The van der Waals surface area contributed by atoms with E-state index >= 15 is 0 Å². The van der Waals surface area contributed by atoms with Gasteiger partial charge in [0.1, 0.15) is 6.04 Å². The Kier molecular flexibility index (Phi) is 6.38. The second kappa shape index (κ2) is 6.48. The zero-order valence-corrected chi connectivity index (χ0v) is 10.9. The van der Waals surface area contributed by atoms with Crippen molar-refractivity contribution in [2.45, 2.75) is 65.2 Å². The molecule has 0 aromatic carbocycles. The highest BCUT2D eigenvalue weighted by Gasteiger charge is 2.42. The minimum Gasteiger partial charge on any atom is -0.293 e. The molecule has 0 aromatic rings. The number of alkyl halides is 3. The largest absolute Gasteiger partial charge is 0.404 e. The van der Waals surface area contributed by atoms with Crippen LogP contribution in [0.1, 0.15) is 47.0 Å². The van der Waals surface area contributed by atoms with E-state index in [0.29, 0.717) is 12.3 Å². The fourth-order valence-corrected chi connectivity index (χ4v) is 1.68. The Balaban J connectivity index is 4.34. The molecule has 0 fully saturated rings. The molecule has 0 rings (SSSR count). The van der Waals surface area contributed by atoms with Crippen molar-refractivity contribution in [2.75, 3.05) is 7.05 Å². The fraction of sp³-hybridized carbons (Fsp3) is 1.00. The van der Waals surface area contributed by atoms with Gasteiger partial charge in [-0.1, -0.05) is 26.7 Å². The van der Waals surface area contributed by atoms with Crippen molar-refractivity contribution in [3.05, 3.63) is 0 Å². The predicted octanol–water partition coefficient (Wildman–Crippen LogP) is 4.08. The first-order valence-electron chi connectivity index (χ1n) is 5.95. The molecule has 1 atom stereocenters. The van der Waals surface area contributed by atoms with Crippen molar-refractivity contribution in [3.8, 4) is 0 Å². The summed E-state index contributed by atoms with van der Waals surface area (Å²) in [6.45, 7) is 7.66. The Morgan fingerprint density at radius 3 is 1.81 bits per heavy atom. The van der Waals surface area contributed by atoms with E-state index in [4.69, 9.17) is 0 Å². The molecule has 0 unspecified atom stereocenters. The molecule has 0 spiro atoms. The SMILES string of the molecule is CC(C)CCC[C@@H](N(C)C(C)C)C(F)(F)F. The van der Waals surface area contributed by atoms with E-state index in [2.05, 4.69) is 0 Å². The molecule has 0 N–H and O–H groups in total. The standard InChI is InChI=1S/C12H24F3N/c1-9(2)7-6-8-11(12(13,14)15)16(5)10(3)4/h9-11H,6-8H2,1-5H3/t11-/m1/s1. The molecule has 0 aliphatic heterocycles. The number of hydrogen-bond acceptors (Lipinski definition) is 1. The lowest BCUT2D eigenvalue weighted by Crippen LogP contribution is -2.46. The maximum Gasteiger partial charge on any atom is 0.404 e. The molecule has 0 bridgehead atoms. The van der Waals surface area contributed by atoms with Crippen LogP contribution in [0.25, 0.3) is 0 Å². The lowest BCUT2D eigenvalue weighted by atomic mass is 10.0. The summed E-state index contributed by atoms with van der Waals surface area (Å²) in [5.74, 6) is 0.471. The van der Waals surface area contributed by atoms with Crippen molar-refractivity contribution in [2.24, 2.45) is 5.92 Å². The molecule has 16 heavy (non-hydrogen) atoms. The summed E-state index contributed by atoms with van der Waals surface area (Å²) in [6, 6.07) is -1.38. The zero-order valence-electron chi connectivity index (χ0n) is 10.9. The van der Waals surface area contributed by atoms with E-state index in [9.17, 15) is 13.2 Å². The van der Waals surface area contributed by atoms with Crippen molar-refractivity contribution in [1.29, 1.82) is 0 Å². The molecule has 0 aromatic heterocycles. The zero-order chi connectivity index (χ0) is 12.9. The molecule has 0 aliphatic carbocycles. The summed E-state index contributed by atoms with van der Waals surface area (Å²) in [5.41, 5.74) is 0. The number of nitrogens with zero attached hydrogens (tertiary/aromatic N) is 1. The van der Waals surface area contributed by atoms with Crippen LogP contribution in [0.15, 0.2) is 0 Å². The lowest BCUT2D eigenvalue weighted by Gasteiger charge is -2.33. The highest BCUT2D eigenvalue weighted by atomic mass is 19.4. The maximum absolute atomic E-state index is 12.8. The Bertz CT molecular complexity index is 187. The van der Waals surface area contributed by atoms with Gasteiger partial charge in [-0.2, -0.15) is 13.2 Å². The quantitative estimate of drug-likeness (QED) is 0.675. The maximum atomic E-state index is 12.8. The van der Waals surface area contributed by atoms with Crippen LogP contribution >= 0.6 is 0 Å². The van der Waals surface area contributed by atoms with E-state index in [0.717, 1.165) is 6.42 Å². The molecule has 1 nitrogen and oxygen atoms in total. The van der Waals surface area contributed by atoms with Crippen LogP contribution in [-0.4, -0.2) is 30.2 Å². The third-order valence-corrected chi connectivity index (χ3v) is 2.94. The van der Waals surface area contributed by atoms with Crippen molar-refractivity contribution in [1.82, 2.24) is 4.90 Å². The van der Waals surface area contributed by atoms with Crippen LogP contribution in [0.2, 0.25) is 0 Å². The Morgan fingerprint density at radius 1 is 1.00 bits per heavy atom. The molecule has 4 heteroatoms. The molecule has 0 saturated carbocycles. The Labute approximate surface area is 97.0 Å². The van der Waals surface area contributed by atoms with Gasteiger partial charge < -0.3 is 0 Å². The minimum absolute atomic E-state index is 0.0781. The van der Waals surface area contributed by atoms with Gasteiger partial charge in [0.25, 0.3) is 0 Å². The Hall–Kier alpha value is -0.250. The van der Waals surface area contributed by atoms with Crippen LogP contribution in [0.4, 0.5) is 13.2 Å². The number of hydrogen-bond donors (Lipinski definition) is 0. The normalized spacial score (nSPS) is 15.2. The van der Waals surface area contributed by atoms with Crippen LogP contribution in [0.3, 0.4) is 0 Å². The molecule has 0 saturated heterocycles. The van der Waals surface area contributed by atoms with Crippen molar-refractivity contribution < 1.29 is 13.2 Å². The summed E-state index contributed by atoms with van der Waals surface area (Å²) < 4.78 is 38.4. The van der Waals surface area contributed by atoms with E-state index < -0.39 is 12.2 Å². The van der Waals surface area contributed by atoms with Gasteiger partial charge in [-0.25, -0.2) is 0 Å². The highest BCUT2D eigenvalue weighted by molar-refractivity contribution is 4.78. The molecule has 98 valence electrons. The first-order chi connectivity index (χ1) is 7.16. The van der Waals surface area contributed by atoms with E-state index in [-0.39, 0.29) is 12.5 Å². The summed E-state index contributed by atoms with van der Waals surface area (Å²) in [7, 11) is 1.55. The second-order valence-corrected chi connectivity index (χ2v) is 5.14. The van der Waals surface area contributed by atoms with E-state index in [1.807, 2.05) is 13.8 Å².